The van der Waals surface area contributed by atoms with Gasteiger partial charge < -0.3 is 5.11 Å². The van der Waals surface area contributed by atoms with Gasteiger partial charge in [0.25, 0.3) is 0 Å². The minimum absolute atomic E-state index is 0.231. The predicted molar refractivity (Wildman–Crippen MR) is 58.3 cm³/mol. The molecule has 0 atom stereocenters. The number of aromatic hydroxyl groups is 1. The fraction of sp³-hybridized carbons (Fsp3) is 0. The molecule has 0 fully saturated rings. The number of nitrogens with zero attached hydrogens (tertiary/aromatic N) is 4. The van der Waals surface area contributed by atoms with Crippen LogP contribution in [0.4, 0.5) is 0 Å². The van der Waals surface area contributed by atoms with Crippen LogP contribution in [0.25, 0.3) is 16.7 Å². The number of phenolic OH excluding ortho intramolecular Hbond substituents is 1. The normalized spacial score (nSPS) is 10.8. The highest BCUT2D eigenvalue weighted by molar-refractivity contribution is 5.74. The fourth-order valence-electron chi connectivity index (χ4n) is 1.56. The first-order valence-corrected chi connectivity index (χ1v) is 4.78. The fourth-order valence-corrected chi connectivity index (χ4v) is 1.56. The zero-order valence-corrected chi connectivity index (χ0v) is 8.28. The number of hydrogen-bond donors (Lipinski definition) is 1. The first kappa shape index (κ1) is 8.84. The maximum Gasteiger partial charge on any atom is 0.166 e. The summed E-state index contributed by atoms with van der Waals surface area (Å²) in [5.41, 5.74) is 1.60. The minimum Gasteiger partial charge on any atom is -0.508 e. The zero-order valence-electron chi connectivity index (χ0n) is 8.28. The maximum absolute atomic E-state index is 9.21. The number of hydrogen-bond acceptors (Lipinski definition) is 4. The van der Waals surface area contributed by atoms with Gasteiger partial charge in [-0.05, 0) is 24.3 Å². The van der Waals surface area contributed by atoms with Crippen molar-refractivity contribution in [3.8, 4) is 11.4 Å². The Morgan fingerprint density at radius 2 is 1.88 bits per heavy atom. The molecule has 3 rings (SSSR count). The van der Waals surface area contributed by atoms with Crippen molar-refractivity contribution in [1.29, 1.82) is 0 Å². The van der Waals surface area contributed by atoms with Crippen molar-refractivity contribution in [3.05, 3.63) is 43.0 Å². The molecule has 2 heterocycles. The molecular formula is C11H8N4O. The Bertz CT molecular complexity index is 630. The smallest absolute Gasteiger partial charge is 0.166 e. The molecule has 2 aromatic heterocycles. The molecule has 3 aromatic rings. The van der Waals surface area contributed by atoms with Crippen molar-refractivity contribution in [3.63, 3.8) is 0 Å². The van der Waals surface area contributed by atoms with Gasteiger partial charge in [0.15, 0.2) is 5.65 Å². The molecular weight excluding hydrogens is 204 g/mol. The van der Waals surface area contributed by atoms with Crippen molar-refractivity contribution in [2.24, 2.45) is 0 Å². The molecule has 5 nitrogen and oxygen atoms in total. The van der Waals surface area contributed by atoms with Crippen LogP contribution in [0.1, 0.15) is 0 Å². The van der Waals surface area contributed by atoms with Crippen LogP contribution >= 0.6 is 0 Å². The number of benzene rings is 1. The monoisotopic (exact) mass is 212 g/mol. The third kappa shape index (κ3) is 1.30. The molecule has 78 valence electrons. The molecule has 16 heavy (non-hydrogen) atoms. The summed E-state index contributed by atoms with van der Waals surface area (Å²) < 4.78 is 1.70. The van der Waals surface area contributed by atoms with Gasteiger partial charge in [-0.1, -0.05) is 0 Å². The Labute approximate surface area is 91.0 Å². The van der Waals surface area contributed by atoms with E-state index in [-0.39, 0.29) is 5.75 Å². The van der Waals surface area contributed by atoms with E-state index in [1.165, 1.54) is 6.33 Å². The quantitative estimate of drug-likeness (QED) is 0.664. The van der Waals surface area contributed by atoms with Gasteiger partial charge in [0.2, 0.25) is 0 Å². The summed E-state index contributed by atoms with van der Waals surface area (Å²) in [6.45, 7) is 0. The van der Waals surface area contributed by atoms with E-state index < -0.39 is 0 Å². The number of aromatic nitrogens is 4. The van der Waals surface area contributed by atoms with Crippen molar-refractivity contribution >= 4 is 11.0 Å². The second-order valence-corrected chi connectivity index (χ2v) is 3.37. The summed E-state index contributed by atoms with van der Waals surface area (Å²) >= 11 is 0. The van der Waals surface area contributed by atoms with Gasteiger partial charge in [-0.15, -0.1) is 0 Å². The zero-order chi connectivity index (χ0) is 11.0. The van der Waals surface area contributed by atoms with E-state index in [1.54, 1.807) is 41.3 Å². The molecule has 0 amide bonds. The van der Waals surface area contributed by atoms with Gasteiger partial charge in [0.05, 0.1) is 17.3 Å². The third-order valence-corrected chi connectivity index (χ3v) is 2.33. The summed E-state index contributed by atoms with van der Waals surface area (Å²) in [6.07, 6.45) is 4.91. The molecule has 0 saturated carbocycles. The van der Waals surface area contributed by atoms with E-state index in [4.69, 9.17) is 0 Å². The maximum atomic E-state index is 9.21. The molecule has 0 unspecified atom stereocenters. The molecule has 0 aliphatic rings. The third-order valence-electron chi connectivity index (χ3n) is 2.33. The average Bonchev–Trinajstić information content (AvgIpc) is 2.74. The Balaban J connectivity index is 2.22. The number of fused-ring (bicyclic) bond motifs is 1. The van der Waals surface area contributed by atoms with Gasteiger partial charge in [0.1, 0.15) is 12.1 Å². The van der Waals surface area contributed by atoms with E-state index in [0.29, 0.717) is 0 Å². The largest absolute Gasteiger partial charge is 0.508 e. The topological polar surface area (TPSA) is 63.8 Å². The molecule has 0 saturated heterocycles. The van der Waals surface area contributed by atoms with Crippen molar-refractivity contribution in [2.45, 2.75) is 0 Å². The minimum atomic E-state index is 0.231. The van der Waals surface area contributed by atoms with Crippen LogP contribution in [0, 0.1) is 0 Å². The Morgan fingerprint density at radius 1 is 1.06 bits per heavy atom. The van der Waals surface area contributed by atoms with Crippen LogP contribution in [-0.4, -0.2) is 24.9 Å². The number of rotatable bonds is 1. The SMILES string of the molecule is Oc1ccc(-n2ncc3cncnc32)cc1. The lowest BCUT2D eigenvalue weighted by atomic mass is 10.3. The molecule has 0 radical (unpaired) electrons. The van der Waals surface area contributed by atoms with Crippen molar-refractivity contribution in [1.82, 2.24) is 19.7 Å². The first-order chi connectivity index (χ1) is 7.84. The molecule has 0 aliphatic heterocycles. The van der Waals surface area contributed by atoms with Crippen LogP contribution in [0.3, 0.4) is 0 Å². The first-order valence-electron chi connectivity index (χ1n) is 4.78. The second kappa shape index (κ2) is 3.30. The average molecular weight is 212 g/mol. The molecule has 0 bridgehead atoms. The van der Waals surface area contributed by atoms with Gasteiger partial charge in [0, 0.05) is 6.20 Å². The molecule has 1 N–H and O–H groups in total. The summed E-state index contributed by atoms with van der Waals surface area (Å²) in [6, 6.07) is 6.79. The summed E-state index contributed by atoms with van der Waals surface area (Å²) in [4.78, 5) is 8.10. The van der Waals surface area contributed by atoms with Crippen LogP contribution < -0.4 is 0 Å². The van der Waals surface area contributed by atoms with Crippen LogP contribution in [0.5, 0.6) is 5.75 Å². The van der Waals surface area contributed by atoms with Gasteiger partial charge >= 0.3 is 0 Å². The van der Waals surface area contributed by atoms with Crippen molar-refractivity contribution < 1.29 is 5.11 Å². The van der Waals surface area contributed by atoms with Crippen LogP contribution in [-0.2, 0) is 0 Å². The van der Waals surface area contributed by atoms with E-state index in [1.807, 2.05) is 0 Å². The van der Waals surface area contributed by atoms with E-state index in [9.17, 15) is 5.11 Å². The second-order valence-electron chi connectivity index (χ2n) is 3.37. The summed E-state index contributed by atoms with van der Waals surface area (Å²) in [5, 5.41) is 14.3. The molecule has 1 aromatic carbocycles. The Morgan fingerprint density at radius 3 is 2.69 bits per heavy atom. The lowest BCUT2D eigenvalue weighted by Gasteiger charge is -2.01. The van der Waals surface area contributed by atoms with Crippen molar-refractivity contribution in [2.75, 3.05) is 0 Å². The van der Waals surface area contributed by atoms with Gasteiger partial charge in [-0.25, -0.2) is 14.6 Å². The Kier molecular flexibility index (Phi) is 1.83. The van der Waals surface area contributed by atoms with Crippen LogP contribution in [0.2, 0.25) is 0 Å². The van der Waals surface area contributed by atoms with Gasteiger partial charge in [-0.3, -0.25) is 0 Å². The highest BCUT2D eigenvalue weighted by Crippen LogP contribution is 2.17. The lowest BCUT2D eigenvalue weighted by Crippen LogP contribution is -1.96. The molecule has 0 aliphatic carbocycles. The molecule has 0 spiro atoms. The summed E-state index contributed by atoms with van der Waals surface area (Å²) in [5.74, 6) is 0.231. The van der Waals surface area contributed by atoms with E-state index >= 15 is 0 Å². The standard InChI is InChI=1S/C11H8N4O/c16-10-3-1-9(2-4-10)15-11-8(6-14-15)5-12-7-13-11/h1-7,16H. The molecule has 5 heteroatoms. The summed E-state index contributed by atoms with van der Waals surface area (Å²) in [7, 11) is 0. The van der Waals surface area contributed by atoms with E-state index in [2.05, 4.69) is 15.1 Å². The lowest BCUT2D eigenvalue weighted by molar-refractivity contribution is 0.475. The Hall–Kier alpha value is -2.43. The van der Waals surface area contributed by atoms with Gasteiger partial charge in [-0.2, -0.15) is 5.10 Å². The van der Waals surface area contributed by atoms with Crippen LogP contribution in [0.15, 0.2) is 43.0 Å². The van der Waals surface area contributed by atoms with E-state index in [0.717, 1.165) is 16.7 Å². The predicted octanol–water partition coefficient (Wildman–Crippen LogP) is 1.52. The highest BCUT2D eigenvalue weighted by atomic mass is 16.3. The highest BCUT2D eigenvalue weighted by Gasteiger charge is 2.05. The number of phenols is 1.